The second kappa shape index (κ2) is 7.13. The van der Waals surface area contributed by atoms with Gasteiger partial charge in [0, 0.05) is 11.8 Å². The highest BCUT2D eigenvalue weighted by molar-refractivity contribution is 6.06. The van der Waals surface area contributed by atoms with Crippen LogP contribution in [0.1, 0.15) is 15.9 Å². The Kier molecular flexibility index (Phi) is 4.75. The molecule has 2 N–H and O–H groups in total. The predicted octanol–water partition coefficient (Wildman–Crippen LogP) is 5.27. The Morgan fingerprint density at radius 1 is 0.880 bits per heavy atom. The van der Waals surface area contributed by atoms with Gasteiger partial charge in [-0.05, 0) is 43.3 Å². The normalized spacial score (nSPS) is 10.4. The summed E-state index contributed by atoms with van der Waals surface area (Å²) in [7, 11) is 0. The minimum Gasteiger partial charge on any atom is -0.354 e. The highest BCUT2D eigenvalue weighted by atomic mass is 19.1. The molecule has 0 radical (unpaired) electrons. The van der Waals surface area contributed by atoms with E-state index in [1.54, 1.807) is 18.2 Å². The van der Waals surface area contributed by atoms with Gasteiger partial charge in [0.05, 0.1) is 16.9 Å². The van der Waals surface area contributed by atoms with Gasteiger partial charge in [-0.25, -0.2) is 8.78 Å². The van der Waals surface area contributed by atoms with E-state index in [0.717, 1.165) is 23.4 Å². The smallest absolute Gasteiger partial charge is 0.258 e. The maximum atomic E-state index is 13.8. The Morgan fingerprint density at radius 3 is 2.24 bits per heavy atom. The van der Waals surface area contributed by atoms with E-state index >= 15 is 0 Å². The molecule has 25 heavy (non-hydrogen) atoms. The van der Waals surface area contributed by atoms with Crippen molar-refractivity contribution in [3.8, 4) is 0 Å². The number of anilines is 3. The van der Waals surface area contributed by atoms with E-state index in [1.165, 1.54) is 0 Å². The summed E-state index contributed by atoms with van der Waals surface area (Å²) in [5, 5.41) is 5.87. The number of carbonyl (C=O) groups is 1. The quantitative estimate of drug-likeness (QED) is 0.680. The molecule has 0 atom stereocenters. The molecule has 3 nitrogen and oxygen atoms in total. The lowest BCUT2D eigenvalue weighted by Crippen LogP contribution is -2.15. The third-order valence-electron chi connectivity index (χ3n) is 3.68. The van der Waals surface area contributed by atoms with E-state index in [1.807, 2.05) is 37.3 Å². The zero-order valence-electron chi connectivity index (χ0n) is 13.5. The van der Waals surface area contributed by atoms with Crippen LogP contribution in [0.15, 0.2) is 66.7 Å². The van der Waals surface area contributed by atoms with Gasteiger partial charge >= 0.3 is 0 Å². The lowest BCUT2D eigenvalue weighted by Gasteiger charge is -2.13. The van der Waals surface area contributed by atoms with Crippen LogP contribution >= 0.6 is 0 Å². The molecule has 1 amide bonds. The number of rotatable bonds is 4. The monoisotopic (exact) mass is 338 g/mol. The molecule has 0 spiro atoms. The molecular formula is C20H16F2N2O. The number of halogens is 2. The first kappa shape index (κ1) is 16.6. The second-order valence-electron chi connectivity index (χ2n) is 5.61. The van der Waals surface area contributed by atoms with Crippen molar-refractivity contribution in [2.24, 2.45) is 0 Å². The van der Waals surface area contributed by atoms with Crippen molar-refractivity contribution in [1.29, 1.82) is 0 Å². The first-order chi connectivity index (χ1) is 12.0. The third-order valence-corrected chi connectivity index (χ3v) is 3.68. The largest absolute Gasteiger partial charge is 0.354 e. The van der Waals surface area contributed by atoms with E-state index in [9.17, 15) is 13.6 Å². The molecule has 0 fully saturated rings. The zero-order chi connectivity index (χ0) is 17.8. The van der Waals surface area contributed by atoms with Crippen LogP contribution < -0.4 is 10.6 Å². The summed E-state index contributed by atoms with van der Waals surface area (Å²) < 4.78 is 26.8. The summed E-state index contributed by atoms with van der Waals surface area (Å²) in [5.41, 5.74) is 2.95. The van der Waals surface area contributed by atoms with Crippen LogP contribution in [0.25, 0.3) is 0 Å². The Labute approximate surface area is 144 Å². The van der Waals surface area contributed by atoms with Gasteiger partial charge in [0.15, 0.2) is 0 Å². The Hall–Kier alpha value is -3.21. The van der Waals surface area contributed by atoms with Crippen LogP contribution in [0, 0.1) is 18.6 Å². The van der Waals surface area contributed by atoms with Gasteiger partial charge in [-0.15, -0.1) is 0 Å². The minimum absolute atomic E-state index is 0.216. The van der Waals surface area contributed by atoms with E-state index in [4.69, 9.17) is 0 Å². The predicted molar refractivity (Wildman–Crippen MR) is 95.2 cm³/mol. The summed E-state index contributed by atoms with van der Waals surface area (Å²) in [6.07, 6.45) is 0. The van der Waals surface area contributed by atoms with Gasteiger partial charge < -0.3 is 10.6 Å². The fourth-order valence-corrected chi connectivity index (χ4v) is 2.36. The van der Waals surface area contributed by atoms with E-state index in [2.05, 4.69) is 10.6 Å². The molecule has 0 aromatic heterocycles. The number of para-hydroxylation sites is 2. The van der Waals surface area contributed by atoms with Crippen molar-refractivity contribution in [3.05, 3.63) is 89.5 Å². The Bertz CT molecular complexity index is 908. The average Bonchev–Trinajstić information content (AvgIpc) is 2.58. The van der Waals surface area contributed by atoms with E-state index in [0.29, 0.717) is 17.4 Å². The lowest BCUT2D eigenvalue weighted by atomic mass is 10.1. The van der Waals surface area contributed by atoms with Gasteiger partial charge in [-0.2, -0.15) is 0 Å². The third kappa shape index (κ3) is 4.01. The van der Waals surface area contributed by atoms with Crippen LogP contribution in [0.5, 0.6) is 0 Å². The molecular weight excluding hydrogens is 322 g/mol. The first-order valence-corrected chi connectivity index (χ1v) is 7.72. The van der Waals surface area contributed by atoms with Crippen LogP contribution in [-0.4, -0.2) is 5.91 Å². The van der Waals surface area contributed by atoms with Crippen molar-refractivity contribution in [2.75, 3.05) is 10.6 Å². The molecule has 3 rings (SSSR count). The molecule has 0 aliphatic heterocycles. The van der Waals surface area contributed by atoms with Crippen molar-refractivity contribution in [1.82, 2.24) is 0 Å². The number of hydrogen-bond donors (Lipinski definition) is 2. The van der Waals surface area contributed by atoms with Crippen molar-refractivity contribution < 1.29 is 13.6 Å². The SMILES string of the molecule is Cc1ccc(Nc2ccccc2NC(=O)c2ccc(F)cc2F)cc1. The number of aryl methyl sites for hydroxylation is 1. The summed E-state index contributed by atoms with van der Waals surface area (Å²) in [6, 6.07) is 17.7. The number of benzene rings is 3. The highest BCUT2D eigenvalue weighted by Crippen LogP contribution is 2.26. The first-order valence-electron chi connectivity index (χ1n) is 7.72. The number of nitrogens with one attached hydrogen (secondary N) is 2. The van der Waals surface area contributed by atoms with Crippen LogP contribution in [0.4, 0.5) is 25.8 Å². The summed E-state index contributed by atoms with van der Waals surface area (Å²) in [4.78, 5) is 12.3. The van der Waals surface area contributed by atoms with Crippen molar-refractivity contribution >= 4 is 23.0 Å². The topological polar surface area (TPSA) is 41.1 Å². The highest BCUT2D eigenvalue weighted by Gasteiger charge is 2.14. The van der Waals surface area contributed by atoms with Gasteiger partial charge in [-0.3, -0.25) is 4.79 Å². The van der Waals surface area contributed by atoms with Crippen molar-refractivity contribution in [2.45, 2.75) is 6.92 Å². The van der Waals surface area contributed by atoms with Gasteiger partial charge in [-0.1, -0.05) is 29.8 Å². The maximum Gasteiger partial charge on any atom is 0.258 e. The fourth-order valence-electron chi connectivity index (χ4n) is 2.36. The Morgan fingerprint density at radius 2 is 1.56 bits per heavy atom. The van der Waals surface area contributed by atoms with Gasteiger partial charge in [0.25, 0.3) is 5.91 Å². The molecule has 0 aliphatic rings. The Balaban J connectivity index is 1.83. The molecule has 0 unspecified atom stereocenters. The van der Waals surface area contributed by atoms with Crippen molar-refractivity contribution in [3.63, 3.8) is 0 Å². The molecule has 0 aliphatic carbocycles. The van der Waals surface area contributed by atoms with Gasteiger partial charge in [0.1, 0.15) is 11.6 Å². The molecule has 126 valence electrons. The minimum atomic E-state index is -0.901. The molecule has 3 aromatic carbocycles. The summed E-state index contributed by atoms with van der Waals surface area (Å²) in [5.74, 6) is -2.27. The maximum absolute atomic E-state index is 13.8. The van der Waals surface area contributed by atoms with Crippen LogP contribution in [0.2, 0.25) is 0 Å². The average molecular weight is 338 g/mol. The number of amides is 1. The molecule has 0 heterocycles. The van der Waals surface area contributed by atoms with E-state index in [-0.39, 0.29) is 5.56 Å². The zero-order valence-corrected chi connectivity index (χ0v) is 13.5. The number of hydrogen-bond acceptors (Lipinski definition) is 2. The fraction of sp³-hybridized carbons (Fsp3) is 0.0500. The van der Waals surface area contributed by atoms with Crippen LogP contribution in [0.3, 0.4) is 0 Å². The standard InChI is InChI=1S/C20H16F2N2O/c1-13-6-9-15(10-7-13)23-18-4-2-3-5-19(18)24-20(25)16-11-8-14(21)12-17(16)22/h2-12,23H,1H3,(H,24,25). The second-order valence-corrected chi connectivity index (χ2v) is 5.61. The molecule has 0 bridgehead atoms. The molecule has 0 saturated heterocycles. The molecule has 0 saturated carbocycles. The summed E-state index contributed by atoms with van der Waals surface area (Å²) in [6.45, 7) is 2.00. The number of carbonyl (C=O) groups excluding carboxylic acids is 1. The summed E-state index contributed by atoms with van der Waals surface area (Å²) >= 11 is 0. The van der Waals surface area contributed by atoms with Gasteiger partial charge in [0.2, 0.25) is 0 Å². The van der Waals surface area contributed by atoms with Crippen LogP contribution in [-0.2, 0) is 0 Å². The molecule has 3 aromatic rings. The lowest BCUT2D eigenvalue weighted by molar-refractivity contribution is 0.102. The molecule has 5 heteroatoms. The van der Waals surface area contributed by atoms with E-state index < -0.39 is 17.5 Å².